The summed E-state index contributed by atoms with van der Waals surface area (Å²) in [6, 6.07) is 26.9. The van der Waals surface area contributed by atoms with E-state index >= 15 is 0 Å². The first-order valence-corrected chi connectivity index (χ1v) is 18.1. The van der Waals surface area contributed by atoms with Gasteiger partial charge in [0.25, 0.3) is 0 Å². The summed E-state index contributed by atoms with van der Waals surface area (Å²) in [6.07, 6.45) is 8.74. The van der Waals surface area contributed by atoms with E-state index < -0.39 is 5.60 Å². The smallest absolute Gasteiger partial charge is 0.344 e. The highest BCUT2D eigenvalue weighted by atomic mass is 19.1. The lowest BCUT2D eigenvalue weighted by molar-refractivity contribution is 0.116. The van der Waals surface area contributed by atoms with Crippen molar-refractivity contribution in [2.45, 2.75) is 64.4 Å². The molecule has 0 amide bonds. The van der Waals surface area contributed by atoms with Crippen LogP contribution in [0.4, 0.5) is 20.2 Å². The molecule has 2 heterocycles. The largest absolute Gasteiger partial charge is 0.481 e. The molecule has 52 heavy (non-hydrogen) atoms. The van der Waals surface area contributed by atoms with E-state index in [4.69, 9.17) is 9.15 Å². The summed E-state index contributed by atoms with van der Waals surface area (Å²) in [5.41, 5.74) is 8.12. The van der Waals surface area contributed by atoms with E-state index in [1.807, 2.05) is 43.3 Å². The third-order valence-electron chi connectivity index (χ3n) is 10.1. The van der Waals surface area contributed by atoms with Gasteiger partial charge < -0.3 is 19.8 Å². The number of halogens is 2. The second-order valence-electron chi connectivity index (χ2n) is 13.4. The van der Waals surface area contributed by atoms with Crippen LogP contribution in [0, 0.1) is 23.0 Å². The van der Waals surface area contributed by atoms with Crippen LogP contribution in [0.1, 0.15) is 75.5 Å². The molecular formula is C44H41F2N3O3. The van der Waals surface area contributed by atoms with Crippen LogP contribution in [0.3, 0.4) is 0 Å². The number of nitrogens with zero attached hydrogens (tertiary/aromatic N) is 1. The zero-order valence-electron chi connectivity index (χ0n) is 29.5. The Morgan fingerprint density at radius 1 is 0.788 bits per heavy atom. The maximum atomic E-state index is 13.4. The number of ether oxygens (including phenoxy) is 1. The van der Waals surface area contributed by atoms with E-state index in [2.05, 4.69) is 29.7 Å². The fourth-order valence-electron chi connectivity index (χ4n) is 7.74. The summed E-state index contributed by atoms with van der Waals surface area (Å²) < 4.78 is 39.0. The number of fused-ring (bicyclic) bond motifs is 2. The van der Waals surface area contributed by atoms with Gasteiger partial charge in [-0.05, 0) is 124 Å². The monoisotopic (exact) mass is 697 g/mol. The van der Waals surface area contributed by atoms with Crippen LogP contribution in [-0.2, 0) is 0 Å². The van der Waals surface area contributed by atoms with E-state index in [1.54, 1.807) is 24.3 Å². The molecule has 1 fully saturated rings. The number of allylic oxidation sites excluding steroid dienone is 2. The molecular weight excluding hydrogens is 656 g/mol. The van der Waals surface area contributed by atoms with Crippen molar-refractivity contribution in [2.75, 3.05) is 23.7 Å². The molecule has 8 rings (SSSR count). The summed E-state index contributed by atoms with van der Waals surface area (Å²) in [5, 5.41) is 17.4. The number of hydrogen-bond acceptors (Lipinski definition) is 6. The average Bonchev–Trinajstić information content (AvgIpc) is 3.85. The predicted molar refractivity (Wildman–Crippen MR) is 204 cm³/mol. The molecule has 5 aromatic rings. The van der Waals surface area contributed by atoms with Gasteiger partial charge in [-0.3, -0.25) is 0 Å². The first-order chi connectivity index (χ1) is 25.3. The molecule has 1 saturated carbocycles. The highest BCUT2D eigenvalue weighted by molar-refractivity contribution is 6.00. The fourth-order valence-corrected chi connectivity index (χ4v) is 7.74. The minimum Gasteiger partial charge on any atom is -0.481 e. The number of anilines is 2. The van der Waals surface area contributed by atoms with Gasteiger partial charge >= 0.3 is 5.63 Å². The molecule has 1 aromatic heterocycles. The second-order valence-corrected chi connectivity index (χ2v) is 13.4. The number of benzene rings is 4. The summed E-state index contributed by atoms with van der Waals surface area (Å²) in [6.45, 7) is 5.68. The maximum Gasteiger partial charge on any atom is 0.344 e. The van der Waals surface area contributed by atoms with Gasteiger partial charge in [0.15, 0.2) is 0 Å². The topological polar surface area (TPSA) is 87.3 Å². The Labute approximate surface area is 302 Å². The van der Waals surface area contributed by atoms with Gasteiger partial charge in [-0.1, -0.05) is 30.3 Å². The lowest BCUT2D eigenvalue weighted by Crippen LogP contribution is -2.38. The highest BCUT2D eigenvalue weighted by Crippen LogP contribution is 2.50. The van der Waals surface area contributed by atoms with Crippen molar-refractivity contribution in [3.05, 3.63) is 135 Å². The van der Waals surface area contributed by atoms with Crippen molar-refractivity contribution in [1.82, 2.24) is 0 Å². The van der Waals surface area contributed by atoms with Gasteiger partial charge in [-0.15, -0.1) is 0 Å². The molecule has 0 radical (unpaired) electrons. The number of hydrogen-bond donors (Lipinski definition) is 2. The summed E-state index contributed by atoms with van der Waals surface area (Å²) in [5.74, 6) is 0.221. The van der Waals surface area contributed by atoms with E-state index in [1.165, 1.54) is 24.3 Å². The minimum atomic E-state index is -0.559. The summed E-state index contributed by atoms with van der Waals surface area (Å²) in [7, 11) is 0. The third-order valence-corrected chi connectivity index (χ3v) is 10.1. The van der Waals surface area contributed by atoms with Gasteiger partial charge in [-0.2, -0.15) is 5.26 Å². The molecule has 8 heteroatoms. The van der Waals surface area contributed by atoms with Crippen LogP contribution in [0.5, 0.6) is 5.75 Å². The van der Waals surface area contributed by atoms with Crippen molar-refractivity contribution in [3.8, 4) is 22.9 Å². The summed E-state index contributed by atoms with van der Waals surface area (Å²) >= 11 is 0. The molecule has 2 N–H and O–H groups in total. The maximum absolute atomic E-state index is 13.4. The van der Waals surface area contributed by atoms with E-state index in [0.717, 1.165) is 114 Å². The standard InChI is InChI=1S/C22H21FN2O.C22H20FNO2/c1-2-25-17-9-10-18-20(13-17)26-22(11-3-4-12-22)19(14-24)21(18)15-5-7-16(23)8-6-15;1-2-24-17-11-12-18-19(13-17)26-22(25)21(14-5-3-4-6-14)20(18)15-7-9-16(23)10-8-15/h5-10,13,25H,2-4,11-12H2,1H3;5,7-13,24H,2-4,6H2,1H3. The van der Waals surface area contributed by atoms with Crippen molar-refractivity contribution < 1.29 is 17.9 Å². The van der Waals surface area contributed by atoms with Gasteiger partial charge in [0.1, 0.15) is 28.6 Å². The zero-order chi connectivity index (χ0) is 36.2. The normalized spacial score (nSPS) is 15.7. The summed E-state index contributed by atoms with van der Waals surface area (Å²) in [4.78, 5) is 12.8. The lowest BCUT2D eigenvalue weighted by Gasteiger charge is -2.37. The van der Waals surface area contributed by atoms with Gasteiger partial charge in [0, 0.05) is 58.7 Å². The Morgan fingerprint density at radius 2 is 1.42 bits per heavy atom. The zero-order valence-corrected chi connectivity index (χ0v) is 29.5. The second kappa shape index (κ2) is 14.9. The minimum absolute atomic E-state index is 0.279. The molecule has 1 spiro atoms. The molecule has 264 valence electrons. The fraction of sp³-hybridized carbons (Fsp3) is 0.273. The van der Waals surface area contributed by atoms with Crippen LogP contribution < -0.4 is 21.0 Å². The third kappa shape index (κ3) is 6.71. The number of nitriles is 1. The Morgan fingerprint density at radius 3 is 2.04 bits per heavy atom. The molecule has 4 aromatic carbocycles. The molecule has 3 aliphatic rings. The molecule has 0 saturated heterocycles. The SMILES string of the molecule is CCNc1ccc2c(-c3ccc(F)cc3)c(C3=CCCC3)c(=O)oc2c1.CCNc1ccc2c(c1)OC1(CCCC1)C(C#N)=C2c1ccc(F)cc1. The van der Waals surface area contributed by atoms with Crippen LogP contribution in [0.2, 0.25) is 0 Å². The Hall–Kier alpha value is -5.68. The van der Waals surface area contributed by atoms with Crippen LogP contribution in [-0.4, -0.2) is 18.7 Å². The molecule has 2 aliphatic carbocycles. The molecule has 0 bridgehead atoms. The highest BCUT2D eigenvalue weighted by Gasteiger charge is 2.45. The Bertz CT molecular complexity index is 2280. The lowest BCUT2D eigenvalue weighted by atomic mass is 9.80. The molecule has 1 aliphatic heterocycles. The quantitative estimate of drug-likeness (QED) is 0.165. The molecule has 6 nitrogen and oxygen atoms in total. The first-order valence-electron chi connectivity index (χ1n) is 18.1. The van der Waals surface area contributed by atoms with Crippen molar-refractivity contribution in [1.29, 1.82) is 5.26 Å². The van der Waals surface area contributed by atoms with E-state index in [-0.39, 0.29) is 17.3 Å². The van der Waals surface area contributed by atoms with Gasteiger partial charge in [-0.25, -0.2) is 13.6 Å². The average molecular weight is 698 g/mol. The molecule has 0 unspecified atom stereocenters. The van der Waals surface area contributed by atoms with Crippen LogP contribution in [0.15, 0.2) is 106 Å². The Balaban J connectivity index is 0.000000162. The molecule has 0 atom stereocenters. The van der Waals surface area contributed by atoms with E-state index in [0.29, 0.717) is 16.7 Å². The van der Waals surface area contributed by atoms with Crippen molar-refractivity contribution in [3.63, 3.8) is 0 Å². The van der Waals surface area contributed by atoms with Crippen LogP contribution >= 0.6 is 0 Å². The number of rotatable bonds is 7. The van der Waals surface area contributed by atoms with Crippen molar-refractivity contribution in [2.24, 2.45) is 0 Å². The van der Waals surface area contributed by atoms with Gasteiger partial charge in [0.2, 0.25) is 0 Å². The predicted octanol–water partition coefficient (Wildman–Crippen LogP) is 10.9. The van der Waals surface area contributed by atoms with Crippen molar-refractivity contribution >= 4 is 33.5 Å². The van der Waals surface area contributed by atoms with E-state index in [9.17, 15) is 18.8 Å². The first kappa shape index (κ1) is 34.8. The number of nitrogens with one attached hydrogen (secondary N) is 2. The van der Waals surface area contributed by atoms with Gasteiger partial charge in [0.05, 0.1) is 17.2 Å². The van der Waals surface area contributed by atoms with Crippen LogP contribution in [0.25, 0.3) is 33.2 Å². The Kier molecular flexibility index (Phi) is 9.95.